The predicted molar refractivity (Wildman–Crippen MR) is 87.0 cm³/mol. The van der Waals surface area contributed by atoms with Gasteiger partial charge in [0.15, 0.2) is 0 Å². The van der Waals surface area contributed by atoms with Gasteiger partial charge in [0.05, 0.1) is 6.10 Å². The second kappa shape index (κ2) is 7.28. The number of aryl methyl sites for hydroxylation is 2. The molecule has 0 saturated heterocycles. The van der Waals surface area contributed by atoms with E-state index in [-0.39, 0.29) is 12.1 Å². The molecule has 0 bridgehead atoms. The molecule has 1 aliphatic rings. The number of rotatable bonds is 5. The van der Waals surface area contributed by atoms with Crippen LogP contribution in [0.4, 0.5) is 0 Å². The van der Waals surface area contributed by atoms with Gasteiger partial charge in [0.1, 0.15) is 11.9 Å². The highest BCUT2D eigenvalue weighted by Crippen LogP contribution is 2.30. The van der Waals surface area contributed by atoms with E-state index < -0.39 is 0 Å². The topological polar surface area (TPSA) is 44.5 Å². The van der Waals surface area contributed by atoms with Crippen molar-refractivity contribution in [2.75, 3.05) is 7.11 Å². The van der Waals surface area contributed by atoms with E-state index in [0.29, 0.717) is 6.10 Å². The minimum atomic E-state index is 0.191. The van der Waals surface area contributed by atoms with Crippen LogP contribution in [0.2, 0.25) is 0 Å². The number of hydrogen-bond donors (Lipinski definition) is 1. The predicted octanol–water partition coefficient (Wildman–Crippen LogP) is 3.53. The van der Waals surface area contributed by atoms with Crippen molar-refractivity contribution in [2.24, 2.45) is 5.73 Å². The van der Waals surface area contributed by atoms with E-state index in [1.165, 1.54) is 23.1 Å². The Labute approximate surface area is 128 Å². The Morgan fingerprint density at radius 1 is 1.19 bits per heavy atom. The Morgan fingerprint density at radius 3 is 2.38 bits per heavy atom. The molecule has 3 unspecified atom stereocenters. The zero-order valence-corrected chi connectivity index (χ0v) is 13.8. The minimum absolute atomic E-state index is 0.191. The van der Waals surface area contributed by atoms with E-state index >= 15 is 0 Å². The van der Waals surface area contributed by atoms with Crippen LogP contribution in [0.5, 0.6) is 5.75 Å². The van der Waals surface area contributed by atoms with Crippen molar-refractivity contribution in [2.45, 2.75) is 71.1 Å². The first-order chi connectivity index (χ1) is 9.99. The fourth-order valence-corrected chi connectivity index (χ4v) is 3.31. The highest BCUT2D eigenvalue weighted by Gasteiger charge is 2.24. The first-order valence-corrected chi connectivity index (χ1v) is 8.04. The van der Waals surface area contributed by atoms with Crippen molar-refractivity contribution >= 4 is 0 Å². The third-order valence-corrected chi connectivity index (χ3v) is 4.27. The molecule has 118 valence electrons. The van der Waals surface area contributed by atoms with Gasteiger partial charge in [-0.05, 0) is 63.1 Å². The van der Waals surface area contributed by atoms with Gasteiger partial charge in [-0.1, -0.05) is 12.1 Å². The lowest BCUT2D eigenvalue weighted by molar-refractivity contribution is 0.0205. The molecule has 0 aliphatic heterocycles. The van der Waals surface area contributed by atoms with Gasteiger partial charge in [-0.25, -0.2) is 0 Å². The van der Waals surface area contributed by atoms with Gasteiger partial charge in [0.25, 0.3) is 0 Å². The molecule has 0 radical (unpaired) electrons. The molecule has 1 aromatic carbocycles. The van der Waals surface area contributed by atoms with Crippen LogP contribution in [0.15, 0.2) is 12.1 Å². The molecule has 3 nitrogen and oxygen atoms in total. The fourth-order valence-electron chi connectivity index (χ4n) is 3.31. The molecule has 2 N–H and O–H groups in total. The van der Waals surface area contributed by atoms with Crippen LogP contribution in [0.1, 0.15) is 49.3 Å². The van der Waals surface area contributed by atoms with Crippen LogP contribution in [0.3, 0.4) is 0 Å². The summed E-state index contributed by atoms with van der Waals surface area (Å²) in [6.45, 7) is 6.30. The summed E-state index contributed by atoms with van der Waals surface area (Å²) in [5, 5.41) is 0. The van der Waals surface area contributed by atoms with E-state index in [1.54, 1.807) is 7.11 Å². The highest BCUT2D eigenvalue weighted by atomic mass is 16.5. The first kappa shape index (κ1) is 16.3. The van der Waals surface area contributed by atoms with E-state index in [2.05, 4.69) is 26.0 Å². The van der Waals surface area contributed by atoms with Crippen molar-refractivity contribution in [3.05, 3.63) is 28.8 Å². The smallest absolute Gasteiger partial charge is 0.125 e. The van der Waals surface area contributed by atoms with Gasteiger partial charge in [-0.2, -0.15) is 0 Å². The van der Waals surface area contributed by atoms with Gasteiger partial charge < -0.3 is 15.2 Å². The van der Waals surface area contributed by atoms with Crippen LogP contribution in [0, 0.1) is 13.8 Å². The molecule has 0 aromatic heterocycles. The van der Waals surface area contributed by atoms with Crippen molar-refractivity contribution in [1.29, 1.82) is 0 Å². The third kappa shape index (κ3) is 4.45. The summed E-state index contributed by atoms with van der Waals surface area (Å²) in [5.41, 5.74) is 9.62. The maximum atomic E-state index is 6.30. The van der Waals surface area contributed by atoms with Gasteiger partial charge >= 0.3 is 0 Å². The Balaban J connectivity index is 2.09. The number of nitrogens with two attached hydrogens (primary N) is 1. The monoisotopic (exact) mass is 291 g/mol. The molecule has 2 rings (SSSR count). The van der Waals surface area contributed by atoms with Gasteiger partial charge in [0, 0.05) is 19.6 Å². The molecule has 21 heavy (non-hydrogen) atoms. The summed E-state index contributed by atoms with van der Waals surface area (Å²) < 4.78 is 11.8. The second-order valence-corrected chi connectivity index (χ2v) is 6.50. The molecule has 1 aromatic rings. The first-order valence-electron chi connectivity index (χ1n) is 8.04. The molecular formula is C18H29NO2. The van der Waals surface area contributed by atoms with Gasteiger partial charge in [0.2, 0.25) is 0 Å². The Morgan fingerprint density at radius 2 is 1.81 bits per heavy atom. The third-order valence-electron chi connectivity index (χ3n) is 4.27. The van der Waals surface area contributed by atoms with Crippen molar-refractivity contribution in [3.8, 4) is 5.75 Å². The summed E-state index contributed by atoms with van der Waals surface area (Å²) in [4.78, 5) is 0. The number of hydrogen-bond acceptors (Lipinski definition) is 3. The van der Waals surface area contributed by atoms with Gasteiger partial charge in [-0.15, -0.1) is 0 Å². The molecule has 0 spiro atoms. The van der Waals surface area contributed by atoms with Crippen molar-refractivity contribution in [3.63, 3.8) is 0 Å². The molecule has 1 aliphatic carbocycles. The molecule has 3 heteroatoms. The zero-order valence-electron chi connectivity index (χ0n) is 13.8. The lowest BCUT2D eigenvalue weighted by atomic mass is 9.94. The molecule has 0 amide bonds. The minimum Gasteiger partial charge on any atom is -0.490 e. The maximum Gasteiger partial charge on any atom is 0.125 e. The largest absolute Gasteiger partial charge is 0.490 e. The lowest BCUT2D eigenvalue weighted by Gasteiger charge is -2.30. The number of ether oxygens (including phenoxy) is 2. The summed E-state index contributed by atoms with van der Waals surface area (Å²) in [6.07, 6.45) is 6.00. The zero-order chi connectivity index (χ0) is 15.4. The van der Waals surface area contributed by atoms with E-state index in [4.69, 9.17) is 15.2 Å². The summed E-state index contributed by atoms with van der Waals surface area (Å²) in [6, 6.07) is 4.61. The quantitative estimate of drug-likeness (QED) is 0.902. The average Bonchev–Trinajstić information content (AvgIpc) is 2.42. The van der Waals surface area contributed by atoms with Crippen molar-refractivity contribution < 1.29 is 9.47 Å². The van der Waals surface area contributed by atoms with Crippen LogP contribution < -0.4 is 10.5 Å². The second-order valence-electron chi connectivity index (χ2n) is 6.50. The number of benzene rings is 1. The maximum absolute atomic E-state index is 6.30. The van der Waals surface area contributed by atoms with Crippen molar-refractivity contribution in [1.82, 2.24) is 0 Å². The van der Waals surface area contributed by atoms with Crippen LogP contribution in [0.25, 0.3) is 0 Å². The molecule has 3 atom stereocenters. The normalized spacial score (nSPS) is 23.9. The van der Waals surface area contributed by atoms with E-state index in [9.17, 15) is 0 Å². The standard InChI is InChI=1S/C18H29NO2/c1-12-8-15(10-14(3)19)9-13(2)18(12)21-17-7-5-6-16(11-17)20-4/h8-9,14,16-17H,5-7,10-11,19H2,1-4H3. The van der Waals surface area contributed by atoms with Gasteiger partial charge in [-0.3, -0.25) is 0 Å². The Bertz CT molecular complexity index is 447. The Kier molecular flexibility index (Phi) is 5.65. The highest BCUT2D eigenvalue weighted by molar-refractivity contribution is 5.43. The lowest BCUT2D eigenvalue weighted by Crippen LogP contribution is -2.29. The van der Waals surface area contributed by atoms with E-state index in [1.807, 2.05) is 6.92 Å². The van der Waals surface area contributed by atoms with Crippen LogP contribution in [-0.2, 0) is 11.2 Å². The number of methoxy groups -OCH3 is 1. The van der Waals surface area contributed by atoms with Crippen LogP contribution in [-0.4, -0.2) is 25.4 Å². The van der Waals surface area contributed by atoms with E-state index in [0.717, 1.165) is 31.4 Å². The summed E-state index contributed by atoms with van der Waals surface area (Å²) >= 11 is 0. The fraction of sp³-hybridized carbons (Fsp3) is 0.667. The summed E-state index contributed by atoms with van der Waals surface area (Å²) in [7, 11) is 1.80. The Hall–Kier alpha value is -1.06. The molecular weight excluding hydrogens is 262 g/mol. The molecule has 1 fully saturated rings. The molecule has 0 heterocycles. The SMILES string of the molecule is COC1CCCC(Oc2c(C)cc(CC(C)N)cc2C)C1. The average molecular weight is 291 g/mol. The molecule has 1 saturated carbocycles. The van der Waals surface area contributed by atoms with Crippen LogP contribution >= 0.6 is 0 Å². The summed E-state index contributed by atoms with van der Waals surface area (Å²) in [5.74, 6) is 1.05.